The highest BCUT2D eigenvalue weighted by Crippen LogP contribution is 2.07. The van der Waals surface area contributed by atoms with Gasteiger partial charge in [-0.25, -0.2) is 0 Å². The second-order valence-corrected chi connectivity index (χ2v) is 5.32. The molecule has 0 saturated carbocycles. The predicted octanol–water partition coefficient (Wildman–Crippen LogP) is 2.11. The highest BCUT2D eigenvalue weighted by molar-refractivity contribution is 5.98. The highest BCUT2D eigenvalue weighted by Gasteiger charge is 2.17. The molecule has 0 saturated heterocycles. The first-order valence-electron chi connectivity index (χ1n) is 8.16. The summed E-state index contributed by atoms with van der Waals surface area (Å²) in [6.45, 7) is 6.60. The molecule has 0 aliphatic carbocycles. The number of ether oxygens (including phenoxy) is 1. The number of rotatable bonds is 10. The number of amides is 2. The summed E-state index contributed by atoms with van der Waals surface area (Å²) in [5.74, 6) is -0.321. The molecule has 1 aromatic rings. The first kappa shape index (κ1) is 19.1. The number of pyridine rings is 1. The van der Waals surface area contributed by atoms with Crippen LogP contribution >= 0.6 is 0 Å². The minimum absolute atomic E-state index is 0.122. The van der Waals surface area contributed by atoms with Gasteiger partial charge in [0.25, 0.3) is 11.8 Å². The van der Waals surface area contributed by atoms with Crippen molar-refractivity contribution in [2.24, 2.45) is 0 Å². The minimum atomic E-state index is -0.199. The van der Waals surface area contributed by atoms with Crippen molar-refractivity contribution >= 4 is 11.8 Å². The Morgan fingerprint density at radius 1 is 1.26 bits per heavy atom. The van der Waals surface area contributed by atoms with E-state index in [0.29, 0.717) is 37.5 Å². The third-order valence-corrected chi connectivity index (χ3v) is 3.33. The van der Waals surface area contributed by atoms with Crippen molar-refractivity contribution in [2.75, 3.05) is 33.4 Å². The lowest BCUT2D eigenvalue weighted by Crippen LogP contribution is -2.33. The second-order valence-electron chi connectivity index (χ2n) is 5.32. The van der Waals surface area contributed by atoms with Gasteiger partial charge in [0.2, 0.25) is 0 Å². The Morgan fingerprint density at radius 2 is 1.96 bits per heavy atom. The van der Waals surface area contributed by atoms with Crippen molar-refractivity contribution in [3.63, 3.8) is 0 Å². The lowest BCUT2D eigenvalue weighted by atomic mass is 10.2. The zero-order chi connectivity index (χ0) is 17.1. The van der Waals surface area contributed by atoms with E-state index in [2.05, 4.69) is 10.3 Å². The van der Waals surface area contributed by atoms with Crippen LogP contribution < -0.4 is 5.32 Å². The summed E-state index contributed by atoms with van der Waals surface area (Å²) in [7, 11) is 1.63. The molecule has 1 aromatic heterocycles. The predicted molar refractivity (Wildman–Crippen MR) is 89.5 cm³/mol. The van der Waals surface area contributed by atoms with Crippen molar-refractivity contribution in [1.82, 2.24) is 15.2 Å². The number of nitrogens with zero attached hydrogens (tertiary/aromatic N) is 2. The van der Waals surface area contributed by atoms with Gasteiger partial charge in [-0.15, -0.1) is 0 Å². The van der Waals surface area contributed by atoms with Crippen molar-refractivity contribution in [3.8, 4) is 0 Å². The molecule has 6 heteroatoms. The largest absolute Gasteiger partial charge is 0.385 e. The maximum Gasteiger partial charge on any atom is 0.272 e. The third kappa shape index (κ3) is 6.36. The van der Waals surface area contributed by atoms with E-state index in [1.807, 2.05) is 13.8 Å². The van der Waals surface area contributed by atoms with Crippen LogP contribution in [0.5, 0.6) is 0 Å². The summed E-state index contributed by atoms with van der Waals surface area (Å²) in [5.41, 5.74) is 0.769. The fraction of sp³-hybridized carbons (Fsp3) is 0.588. The molecule has 0 aromatic carbocycles. The number of nitrogens with one attached hydrogen (secondary N) is 1. The van der Waals surface area contributed by atoms with Crippen LogP contribution in [-0.4, -0.2) is 55.0 Å². The van der Waals surface area contributed by atoms with Gasteiger partial charge in [-0.1, -0.05) is 13.8 Å². The van der Waals surface area contributed by atoms with Crippen LogP contribution in [0, 0.1) is 0 Å². The minimum Gasteiger partial charge on any atom is -0.385 e. The molecule has 0 spiro atoms. The van der Waals surface area contributed by atoms with Crippen molar-refractivity contribution in [2.45, 2.75) is 33.1 Å². The second kappa shape index (κ2) is 10.7. The topological polar surface area (TPSA) is 71.5 Å². The summed E-state index contributed by atoms with van der Waals surface area (Å²) in [6.07, 6.45) is 4.05. The van der Waals surface area contributed by atoms with E-state index >= 15 is 0 Å². The van der Waals surface area contributed by atoms with Crippen LogP contribution in [0.25, 0.3) is 0 Å². The zero-order valence-electron chi connectivity index (χ0n) is 14.3. The summed E-state index contributed by atoms with van der Waals surface area (Å²) in [5, 5.41) is 2.81. The molecule has 6 nitrogen and oxygen atoms in total. The number of hydrogen-bond acceptors (Lipinski definition) is 4. The van der Waals surface area contributed by atoms with Gasteiger partial charge in [-0.2, -0.15) is 0 Å². The number of carbonyl (C=O) groups is 2. The molecular weight excluding hydrogens is 294 g/mol. The van der Waals surface area contributed by atoms with Gasteiger partial charge >= 0.3 is 0 Å². The first-order chi connectivity index (χ1) is 11.1. The third-order valence-electron chi connectivity index (χ3n) is 3.33. The summed E-state index contributed by atoms with van der Waals surface area (Å²) < 4.78 is 4.94. The Bertz CT molecular complexity index is 500. The van der Waals surface area contributed by atoms with Crippen molar-refractivity contribution in [1.29, 1.82) is 0 Å². The van der Waals surface area contributed by atoms with E-state index in [9.17, 15) is 9.59 Å². The van der Waals surface area contributed by atoms with E-state index in [0.717, 1.165) is 19.3 Å². The van der Waals surface area contributed by atoms with Gasteiger partial charge < -0.3 is 15.0 Å². The van der Waals surface area contributed by atoms with Crippen LogP contribution in [-0.2, 0) is 4.74 Å². The molecule has 1 rings (SSSR count). The van der Waals surface area contributed by atoms with E-state index in [1.165, 1.54) is 6.20 Å². The zero-order valence-corrected chi connectivity index (χ0v) is 14.3. The van der Waals surface area contributed by atoms with Crippen LogP contribution in [0.2, 0.25) is 0 Å². The first-order valence-corrected chi connectivity index (χ1v) is 8.16. The van der Waals surface area contributed by atoms with Gasteiger partial charge in [0.05, 0.1) is 0 Å². The normalized spacial score (nSPS) is 10.4. The lowest BCUT2D eigenvalue weighted by molar-refractivity contribution is 0.0749. The molecule has 0 atom stereocenters. The number of hydrogen-bond donors (Lipinski definition) is 1. The molecule has 23 heavy (non-hydrogen) atoms. The van der Waals surface area contributed by atoms with Gasteiger partial charge in [-0.05, 0) is 31.4 Å². The Morgan fingerprint density at radius 3 is 2.57 bits per heavy atom. The monoisotopic (exact) mass is 321 g/mol. The molecular formula is C17H27N3O3. The highest BCUT2D eigenvalue weighted by atomic mass is 16.5. The van der Waals surface area contributed by atoms with Crippen LogP contribution in [0.3, 0.4) is 0 Å². The molecule has 1 N–H and O–H groups in total. The van der Waals surface area contributed by atoms with Crippen LogP contribution in [0.4, 0.5) is 0 Å². The van der Waals surface area contributed by atoms with Gasteiger partial charge in [0, 0.05) is 45.1 Å². The standard InChI is InChI=1S/C17H27N3O3/c1-4-10-20(11-5-2)17(22)15-13-14(7-9-18-15)16(21)19-8-6-12-23-3/h7,9,13H,4-6,8,10-12H2,1-3H3,(H,19,21). The molecule has 0 fully saturated rings. The van der Waals surface area contributed by atoms with Crippen molar-refractivity contribution in [3.05, 3.63) is 29.6 Å². The van der Waals surface area contributed by atoms with Gasteiger partial charge in [0.15, 0.2) is 0 Å². The van der Waals surface area contributed by atoms with Crippen LogP contribution in [0.15, 0.2) is 18.3 Å². The van der Waals surface area contributed by atoms with Crippen molar-refractivity contribution < 1.29 is 14.3 Å². The summed E-state index contributed by atoms with van der Waals surface area (Å²) in [4.78, 5) is 30.5. The molecule has 0 unspecified atom stereocenters. The Hall–Kier alpha value is -1.95. The van der Waals surface area contributed by atoms with E-state index in [-0.39, 0.29) is 11.8 Å². The number of carbonyl (C=O) groups excluding carboxylic acids is 2. The average molecular weight is 321 g/mol. The molecule has 0 aliphatic heterocycles. The van der Waals surface area contributed by atoms with Crippen LogP contribution in [0.1, 0.15) is 54.0 Å². The molecule has 0 bridgehead atoms. The summed E-state index contributed by atoms with van der Waals surface area (Å²) in [6, 6.07) is 3.18. The average Bonchev–Trinajstić information content (AvgIpc) is 2.58. The number of aromatic nitrogens is 1. The Kier molecular flexibility index (Phi) is 8.90. The fourth-order valence-corrected chi connectivity index (χ4v) is 2.23. The fourth-order valence-electron chi connectivity index (χ4n) is 2.23. The maximum absolute atomic E-state index is 12.5. The summed E-state index contributed by atoms with van der Waals surface area (Å²) >= 11 is 0. The lowest BCUT2D eigenvalue weighted by Gasteiger charge is -2.21. The quantitative estimate of drug-likeness (QED) is 0.670. The molecule has 0 aliphatic rings. The van der Waals surface area contributed by atoms with E-state index in [4.69, 9.17) is 4.74 Å². The van der Waals surface area contributed by atoms with Gasteiger partial charge in [0.1, 0.15) is 5.69 Å². The Labute approximate surface area is 138 Å². The Balaban J connectivity index is 2.74. The van der Waals surface area contributed by atoms with E-state index in [1.54, 1.807) is 24.1 Å². The smallest absolute Gasteiger partial charge is 0.272 e. The number of methoxy groups -OCH3 is 1. The molecule has 1 heterocycles. The molecule has 0 radical (unpaired) electrons. The maximum atomic E-state index is 12.5. The SMILES string of the molecule is CCCN(CCC)C(=O)c1cc(C(=O)NCCCOC)ccn1. The van der Waals surface area contributed by atoms with Gasteiger partial charge in [-0.3, -0.25) is 14.6 Å². The molecule has 2 amide bonds. The molecule has 128 valence electrons. The van der Waals surface area contributed by atoms with E-state index < -0.39 is 0 Å².